The molecular weight excluding hydrogens is 426 g/mol. The van der Waals surface area contributed by atoms with E-state index in [-0.39, 0.29) is 28.6 Å². The van der Waals surface area contributed by atoms with Gasteiger partial charge in [0.2, 0.25) is 10.0 Å². The van der Waals surface area contributed by atoms with Crippen molar-refractivity contribution in [2.45, 2.75) is 28.8 Å². The lowest BCUT2D eigenvalue weighted by Crippen LogP contribution is -2.30. The van der Waals surface area contributed by atoms with Crippen LogP contribution in [-0.2, 0) is 17.1 Å². The molecule has 9 nitrogen and oxygen atoms in total. The highest BCUT2D eigenvalue weighted by Crippen LogP contribution is 2.36. The third-order valence-corrected chi connectivity index (χ3v) is 7.69. The van der Waals surface area contributed by atoms with Gasteiger partial charge in [-0.2, -0.15) is 4.31 Å². The average molecular weight is 448 g/mol. The van der Waals surface area contributed by atoms with Crippen molar-refractivity contribution < 1.29 is 13.3 Å². The Morgan fingerprint density at radius 2 is 1.77 bits per heavy atom. The molecule has 3 aromatic rings. The second kappa shape index (κ2) is 8.94. The Kier molecular flexibility index (Phi) is 6.54. The minimum atomic E-state index is -3.80. The topological polar surface area (TPSA) is 111 Å². The summed E-state index contributed by atoms with van der Waals surface area (Å²) >= 11 is 1.06. The van der Waals surface area contributed by atoms with E-state index in [0.717, 1.165) is 23.4 Å². The molecule has 158 valence electrons. The van der Waals surface area contributed by atoms with Crippen LogP contribution in [0.15, 0.2) is 63.5 Å². The number of sulfonamides is 1. The van der Waals surface area contributed by atoms with E-state index < -0.39 is 14.9 Å². The number of aromatic nitrogens is 3. The number of benzene rings is 2. The lowest BCUT2D eigenvalue weighted by molar-refractivity contribution is -0.388. The molecule has 0 saturated carbocycles. The summed E-state index contributed by atoms with van der Waals surface area (Å²) in [5.41, 5.74) is 0.576. The standard InChI is InChI=1S/C19H21N5O4S2/c1-4-23(5-2)30(27,28)15-11-12-17(16(13-15)24(25)26)29-19-21-20-18(22(19)3)14-9-7-6-8-10-14/h6-13H,4-5H2,1-3H3. The molecule has 0 bridgehead atoms. The first kappa shape index (κ1) is 21.9. The van der Waals surface area contributed by atoms with Crippen LogP contribution in [0.25, 0.3) is 11.4 Å². The molecule has 30 heavy (non-hydrogen) atoms. The van der Waals surface area contributed by atoms with Crippen molar-refractivity contribution in [3.8, 4) is 11.4 Å². The zero-order valence-electron chi connectivity index (χ0n) is 16.7. The Bertz CT molecular complexity index is 1160. The van der Waals surface area contributed by atoms with Gasteiger partial charge in [0.25, 0.3) is 5.69 Å². The van der Waals surface area contributed by atoms with Gasteiger partial charge < -0.3 is 4.57 Å². The number of nitro groups is 1. The molecule has 0 atom stereocenters. The molecule has 0 saturated heterocycles. The van der Waals surface area contributed by atoms with Crippen LogP contribution in [0, 0.1) is 10.1 Å². The molecule has 0 radical (unpaired) electrons. The molecular formula is C19H21N5O4S2. The monoisotopic (exact) mass is 447 g/mol. The summed E-state index contributed by atoms with van der Waals surface area (Å²) in [6, 6.07) is 13.4. The summed E-state index contributed by atoms with van der Waals surface area (Å²) in [5, 5.41) is 20.4. The van der Waals surface area contributed by atoms with Crippen LogP contribution in [0.5, 0.6) is 0 Å². The Hall–Kier alpha value is -2.76. The van der Waals surface area contributed by atoms with Gasteiger partial charge in [-0.1, -0.05) is 44.2 Å². The zero-order valence-corrected chi connectivity index (χ0v) is 18.4. The smallest absolute Gasteiger partial charge is 0.284 e. The van der Waals surface area contributed by atoms with E-state index in [2.05, 4.69) is 10.2 Å². The molecule has 0 N–H and O–H groups in total. The Labute approximate surface area is 178 Å². The predicted octanol–water partition coefficient (Wildman–Crippen LogP) is 3.57. The zero-order chi connectivity index (χ0) is 21.9. The van der Waals surface area contributed by atoms with Gasteiger partial charge in [-0.25, -0.2) is 8.42 Å². The fourth-order valence-electron chi connectivity index (χ4n) is 2.94. The van der Waals surface area contributed by atoms with Gasteiger partial charge in [-0.3, -0.25) is 10.1 Å². The first-order valence-corrected chi connectivity index (χ1v) is 11.5. The third kappa shape index (κ3) is 4.23. The fraction of sp³-hybridized carbons (Fsp3) is 0.263. The molecule has 0 aliphatic rings. The van der Waals surface area contributed by atoms with Gasteiger partial charge in [-0.15, -0.1) is 10.2 Å². The van der Waals surface area contributed by atoms with Gasteiger partial charge in [0, 0.05) is 31.8 Å². The SMILES string of the molecule is CCN(CC)S(=O)(=O)c1ccc(Sc2nnc(-c3ccccc3)n2C)c([N+](=O)[O-])c1. The molecule has 0 aliphatic carbocycles. The van der Waals surface area contributed by atoms with Gasteiger partial charge in [0.15, 0.2) is 11.0 Å². The summed E-state index contributed by atoms with van der Waals surface area (Å²) in [4.78, 5) is 11.2. The molecule has 11 heteroatoms. The van der Waals surface area contributed by atoms with E-state index in [1.807, 2.05) is 30.3 Å². The van der Waals surface area contributed by atoms with E-state index in [4.69, 9.17) is 0 Å². The van der Waals surface area contributed by atoms with Crippen LogP contribution < -0.4 is 0 Å². The second-order valence-electron chi connectivity index (χ2n) is 6.31. The lowest BCUT2D eigenvalue weighted by atomic mass is 10.2. The van der Waals surface area contributed by atoms with Crippen molar-refractivity contribution >= 4 is 27.5 Å². The highest BCUT2D eigenvalue weighted by Gasteiger charge is 2.26. The quantitative estimate of drug-likeness (QED) is 0.383. The Morgan fingerprint density at radius 3 is 2.37 bits per heavy atom. The summed E-state index contributed by atoms with van der Waals surface area (Å²) < 4.78 is 28.4. The van der Waals surface area contributed by atoms with Crippen molar-refractivity contribution in [1.82, 2.24) is 19.1 Å². The lowest BCUT2D eigenvalue weighted by Gasteiger charge is -2.18. The van der Waals surface area contributed by atoms with Gasteiger partial charge >= 0.3 is 0 Å². The maximum absolute atomic E-state index is 12.7. The maximum atomic E-state index is 12.7. The van der Waals surface area contributed by atoms with E-state index in [1.54, 1.807) is 25.5 Å². The first-order chi connectivity index (χ1) is 14.3. The van der Waals surface area contributed by atoms with Crippen LogP contribution in [0.1, 0.15) is 13.8 Å². The van der Waals surface area contributed by atoms with Crippen molar-refractivity contribution in [3.63, 3.8) is 0 Å². The molecule has 0 spiro atoms. The van der Waals surface area contributed by atoms with Crippen LogP contribution in [-0.4, -0.2) is 45.5 Å². The number of rotatable bonds is 8. The van der Waals surface area contributed by atoms with Crippen molar-refractivity contribution in [2.24, 2.45) is 7.05 Å². The highest BCUT2D eigenvalue weighted by molar-refractivity contribution is 7.99. The van der Waals surface area contributed by atoms with Crippen LogP contribution >= 0.6 is 11.8 Å². The molecule has 1 aromatic heterocycles. The Morgan fingerprint density at radius 1 is 1.10 bits per heavy atom. The first-order valence-electron chi connectivity index (χ1n) is 9.20. The van der Waals surface area contributed by atoms with E-state index in [9.17, 15) is 18.5 Å². The minimum Gasteiger partial charge on any atom is -0.305 e. The molecule has 3 rings (SSSR count). The summed E-state index contributed by atoms with van der Waals surface area (Å²) in [7, 11) is -2.03. The van der Waals surface area contributed by atoms with Gasteiger partial charge in [0.05, 0.1) is 14.7 Å². The number of nitro benzene ring substituents is 1. The highest BCUT2D eigenvalue weighted by atomic mass is 32.2. The van der Waals surface area contributed by atoms with Gasteiger partial charge in [0.1, 0.15) is 0 Å². The maximum Gasteiger partial charge on any atom is 0.284 e. The van der Waals surface area contributed by atoms with Crippen LogP contribution in [0.3, 0.4) is 0 Å². The van der Waals surface area contributed by atoms with Gasteiger partial charge in [-0.05, 0) is 23.9 Å². The summed E-state index contributed by atoms with van der Waals surface area (Å²) in [6.07, 6.45) is 0. The van der Waals surface area contributed by atoms with E-state index in [0.29, 0.717) is 11.0 Å². The largest absolute Gasteiger partial charge is 0.305 e. The van der Waals surface area contributed by atoms with E-state index in [1.165, 1.54) is 16.4 Å². The molecule has 0 aliphatic heterocycles. The second-order valence-corrected chi connectivity index (χ2v) is 9.26. The number of hydrogen-bond donors (Lipinski definition) is 0. The number of nitrogens with zero attached hydrogens (tertiary/aromatic N) is 5. The molecule has 0 fully saturated rings. The van der Waals surface area contributed by atoms with Crippen molar-refractivity contribution in [3.05, 3.63) is 58.6 Å². The Balaban J connectivity index is 1.98. The molecule has 1 heterocycles. The van der Waals surface area contributed by atoms with Crippen molar-refractivity contribution in [1.29, 1.82) is 0 Å². The van der Waals surface area contributed by atoms with Crippen molar-refractivity contribution in [2.75, 3.05) is 13.1 Å². The van der Waals surface area contributed by atoms with E-state index >= 15 is 0 Å². The summed E-state index contributed by atoms with van der Waals surface area (Å²) in [6.45, 7) is 4.00. The summed E-state index contributed by atoms with van der Waals surface area (Å²) in [5.74, 6) is 0.626. The molecule has 2 aromatic carbocycles. The average Bonchev–Trinajstić information content (AvgIpc) is 3.09. The molecule has 0 amide bonds. The predicted molar refractivity (Wildman–Crippen MR) is 114 cm³/mol. The van der Waals surface area contributed by atoms with Crippen LogP contribution in [0.2, 0.25) is 0 Å². The fourth-order valence-corrected chi connectivity index (χ4v) is 5.29. The number of hydrogen-bond acceptors (Lipinski definition) is 7. The molecule has 0 unspecified atom stereocenters. The normalized spacial score (nSPS) is 11.7. The third-order valence-electron chi connectivity index (χ3n) is 4.54. The minimum absolute atomic E-state index is 0.106. The van der Waals surface area contributed by atoms with Crippen LogP contribution in [0.4, 0.5) is 5.69 Å².